The Hall–Kier alpha value is -1.07. The summed E-state index contributed by atoms with van der Waals surface area (Å²) in [5, 5.41) is 10.5. The Morgan fingerprint density at radius 1 is 1.27 bits per heavy atom. The van der Waals surface area contributed by atoms with Crippen LogP contribution in [0.4, 0.5) is 13.2 Å². The first-order valence-corrected chi connectivity index (χ1v) is 4.84. The van der Waals surface area contributed by atoms with Crippen molar-refractivity contribution in [3.05, 3.63) is 21.9 Å². The van der Waals surface area contributed by atoms with Crippen molar-refractivity contribution in [2.45, 2.75) is 38.3 Å². The van der Waals surface area contributed by atoms with Crippen LogP contribution in [-0.2, 0) is 0 Å². The molecule has 0 aliphatic heterocycles. The van der Waals surface area contributed by atoms with Crippen LogP contribution in [-0.4, -0.2) is 11.1 Å². The molecule has 0 heterocycles. The summed E-state index contributed by atoms with van der Waals surface area (Å²) in [4.78, 5) is 9.61. The van der Waals surface area contributed by atoms with Gasteiger partial charge in [0.05, 0.1) is 11.0 Å². The average Bonchev–Trinajstić information content (AvgIpc) is 2.14. The minimum Gasteiger partial charge on any atom is -0.259 e. The van der Waals surface area contributed by atoms with Crippen molar-refractivity contribution in [1.29, 1.82) is 0 Å². The van der Waals surface area contributed by atoms with E-state index in [1.165, 1.54) is 0 Å². The van der Waals surface area contributed by atoms with Crippen LogP contribution in [0.25, 0.3) is 0 Å². The molecule has 0 atom stereocenters. The van der Waals surface area contributed by atoms with E-state index in [0.717, 1.165) is 19.3 Å². The van der Waals surface area contributed by atoms with E-state index in [-0.39, 0.29) is 6.08 Å². The predicted molar refractivity (Wildman–Crippen MR) is 47.7 cm³/mol. The first kappa shape index (κ1) is 12.0. The fraction of sp³-hybridized carbons (Fsp3) is 0.778. The largest absolute Gasteiger partial charge is 0.415 e. The van der Waals surface area contributed by atoms with Crippen LogP contribution < -0.4 is 0 Å². The summed E-state index contributed by atoms with van der Waals surface area (Å²) < 4.78 is 36.1. The number of hydrogen-bond donors (Lipinski definition) is 0. The van der Waals surface area contributed by atoms with Crippen LogP contribution >= 0.6 is 0 Å². The van der Waals surface area contributed by atoms with Crippen molar-refractivity contribution in [3.8, 4) is 0 Å². The highest BCUT2D eigenvalue weighted by Crippen LogP contribution is 2.32. The quantitative estimate of drug-likeness (QED) is 0.532. The predicted octanol–water partition coefficient (Wildman–Crippen LogP) is 3.29. The molecule has 0 bridgehead atoms. The molecule has 1 aliphatic carbocycles. The van der Waals surface area contributed by atoms with Gasteiger partial charge in [-0.05, 0) is 12.8 Å². The third-order valence-corrected chi connectivity index (χ3v) is 2.55. The fourth-order valence-electron chi connectivity index (χ4n) is 1.89. The molecule has 0 spiro atoms. The van der Waals surface area contributed by atoms with E-state index in [2.05, 4.69) is 0 Å². The van der Waals surface area contributed by atoms with Crippen LogP contribution in [0.3, 0.4) is 0 Å². The zero-order valence-corrected chi connectivity index (χ0v) is 8.09. The van der Waals surface area contributed by atoms with Gasteiger partial charge in [-0.1, -0.05) is 19.3 Å². The molecule has 6 heteroatoms. The van der Waals surface area contributed by atoms with Crippen molar-refractivity contribution in [2.24, 2.45) is 5.92 Å². The Bertz CT molecular complexity index is 267. The summed E-state index contributed by atoms with van der Waals surface area (Å²) in [6.45, 7) is 0. The normalized spacial score (nSPS) is 20.3. The number of nitrogens with zero attached hydrogens (tertiary/aromatic N) is 1. The maximum atomic E-state index is 12.0. The van der Waals surface area contributed by atoms with E-state index in [1.54, 1.807) is 0 Å². The maximum absolute atomic E-state index is 12.0. The monoisotopic (exact) mass is 223 g/mol. The molecule has 1 rings (SSSR count). The van der Waals surface area contributed by atoms with Gasteiger partial charge in [0.2, 0.25) is 0 Å². The lowest BCUT2D eigenvalue weighted by atomic mass is 9.87. The summed E-state index contributed by atoms with van der Waals surface area (Å²) in [7, 11) is 0. The summed E-state index contributed by atoms with van der Waals surface area (Å²) in [6.07, 6.45) is -1.29. The molecular weight excluding hydrogens is 211 g/mol. The van der Waals surface area contributed by atoms with Gasteiger partial charge in [-0.25, -0.2) is 0 Å². The van der Waals surface area contributed by atoms with Crippen LogP contribution in [0.1, 0.15) is 32.1 Å². The van der Waals surface area contributed by atoms with E-state index in [1.807, 2.05) is 0 Å². The van der Waals surface area contributed by atoms with E-state index >= 15 is 0 Å². The van der Waals surface area contributed by atoms with E-state index in [0.29, 0.717) is 12.8 Å². The maximum Gasteiger partial charge on any atom is 0.415 e. The second-order valence-electron chi connectivity index (χ2n) is 3.70. The van der Waals surface area contributed by atoms with Crippen LogP contribution in [0, 0.1) is 16.0 Å². The highest BCUT2D eigenvalue weighted by atomic mass is 19.4. The molecule has 0 N–H and O–H groups in total. The topological polar surface area (TPSA) is 43.1 Å². The highest BCUT2D eigenvalue weighted by Gasteiger charge is 2.34. The lowest BCUT2D eigenvalue weighted by Gasteiger charge is -2.19. The summed E-state index contributed by atoms with van der Waals surface area (Å²) in [6, 6.07) is 0. The standard InChI is InChI=1S/C9H12F3NO2/c10-9(11,12)6-8(13(14)15)7-4-2-1-3-5-7/h6-7H,1-5H2/b8-6-. The second kappa shape index (κ2) is 4.63. The average molecular weight is 223 g/mol. The second-order valence-corrected chi connectivity index (χ2v) is 3.70. The molecule has 0 radical (unpaired) electrons. The zero-order valence-electron chi connectivity index (χ0n) is 8.09. The third kappa shape index (κ3) is 3.89. The number of halogens is 3. The van der Waals surface area contributed by atoms with Crippen molar-refractivity contribution in [2.75, 3.05) is 0 Å². The van der Waals surface area contributed by atoms with Crippen molar-refractivity contribution < 1.29 is 18.1 Å². The number of alkyl halides is 3. The molecule has 1 saturated carbocycles. The Morgan fingerprint density at radius 3 is 2.20 bits per heavy atom. The van der Waals surface area contributed by atoms with Crippen LogP contribution in [0.2, 0.25) is 0 Å². The minimum absolute atomic E-state index is 0.164. The Labute approximate surface area is 85.1 Å². The van der Waals surface area contributed by atoms with Crippen LogP contribution in [0.15, 0.2) is 11.8 Å². The van der Waals surface area contributed by atoms with Crippen molar-refractivity contribution in [1.82, 2.24) is 0 Å². The van der Waals surface area contributed by atoms with Gasteiger partial charge in [0, 0.05) is 5.92 Å². The van der Waals surface area contributed by atoms with Gasteiger partial charge < -0.3 is 0 Å². The van der Waals surface area contributed by atoms with Crippen LogP contribution in [0.5, 0.6) is 0 Å². The molecule has 0 unspecified atom stereocenters. The molecule has 3 nitrogen and oxygen atoms in total. The van der Waals surface area contributed by atoms with Gasteiger partial charge in [0.15, 0.2) is 0 Å². The lowest BCUT2D eigenvalue weighted by molar-refractivity contribution is -0.436. The SMILES string of the molecule is O=[N+]([O-])/C(=C\C(F)(F)F)C1CCCCC1. The van der Waals surface area contributed by atoms with Gasteiger partial charge in [-0.3, -0.25) is 10.1 Å². The third-order valence-electron chi connectivity index (χ3n) is 2.55. The number of hydrogen-bond acceptors (Lipinski definition) is 2. The van der Waals surface area contributed by atoms with Gasteiger partial charge in [0.1, 0.15) is 0 Å². The minimum atomic E-state index is -4.60. The first-order valence-electron chi connectivity index (χ1n) is 4.84. The molecule has 0 amide bonds. The van der Waals surface area contributed by atoms with Gasteiger partial charge >= 0.3 is 6.18 Å². The number of allylic oxidation sites excluding steroid dienone is 2. The van der Waals surface area contributed by atoms with E-state index < -0.39 is 22.7 Å². The molecule has 86 valence electrons. The molecule has 0 aromatic rings. The Kier molecular flexibility index (Phi) is 3.71. The van der Waals surface area contributed by atoms with Gasteiger partial charge in [-0.2, -0.15) is 13.2 Å². The fourth-order valence-corrected chi connectivity index (χ4v) is 1.89. The highest BCUT2D eigenvalue weighted by molar-refractivity contribution is 5.02. The first-order chi connectivity index (χ1) is 6.90. The Balaban J connectivity index is 2.82. The molecule has 1 fully saturated rings. The summed E-state index contributed by atoms with van der Waals surface area (Å²) in [5.74, 6) is -0.532. The molecule has 1 aliphatic rings. The van der Waals surface area contributed by atoms with Gasteiger partial charge in [-0.15, -0.1) is 0 Å². The van der Waals surface area contributed by atoms with E-state index in [9.17, 15) is 23.3 Å². The molecule has 0 aromatic heterocycles. The van der Waals surface area contributed by atoms with Crippen molar-refractivity contribution >= 4 is 0 Å². The van der Waals surface area contributed by atoms with Crippen molar-refractivity contribution in [3.63, 3.8) is 0 Å². The summed E-state index contributed by atoms with van der Waals surface area (Å²) >= 11 is 0. The molecule has 0 saturated heterocycles. The zero-order chi connectivity index (χ0) is 11.5. The molecule has 15 heavy (non-hydrogen) atoms. The molecular formula is C9H12F3NO2. The number of rotatable bonds is 2. The smallest absolute Gasteiger partial charge is 0.259 e. The summed E-state index contributed by atoms with van der Waals surface area (Å²) in [5.41, 5.74) is -0.679. The van der Waals surface area contributed by atoms with Gasteiger partial charge in [0.25, 0.3) is 5.70 Å². The van der Waals surface area contributed by atoms with E-state index in [4.69, 9.17) is 0 Å². The Morgan fingerprint density at radius 2 is 1.80 bits per heavy atom. The number of nitro groups is 1. The molecule has 0 aromatic carbocycles. The lowest BCUT2D eigenvalue weighted by Crippen LogP contribution is -2.18.